The number of hydrogen-bond acceptors (Lipinski definition) is 14. The molecule has 8 rings (SSSR count). The molecule has 2 atom stereocenters. The lowest BCUT2D eigenvalue weighted by molar-refractivity contribution is -0.0505. The number of hydrogen-bond donors (Lipinski definition) is 3. The van der Waals surface area contributed by atoms with Gasteiger partial charge in [-0.05, 0) is 89.4 Å². The molecular weight excluding hydrogens is 884 g/mol. The topological polar surface area (TPSA) is 176 Å². The highest BCUT2D eigenvalue weighted by atomic mass is 79.9. The van der Waals surface area contributed by atoms with E-state index in [4.69, 9.17) is 19.1 Å². The van der Waals surface area contributed by atoms with Gasteiger partial charge in [0, 0.05) is 18.1 Å². The first kappa shape index (κ1) is 46.5. The highest BCUT2D eigenvalue weighted by Gasteiger charge is 2.22. The third-order valence-electron chi connectivity index (χ3n) is 8.52. The number of imidazole rings is 2. The Morgan fingerprint density at radius 3 is 1.66 bits per heavy atom. The maximum atomic E-state index is 12.3. The van der Waals surface area contributed by atoms with E-state index >= 15 is 0 Å². The van der Waals surface area contributed by atoms with Crippen LogP contribution >= 0.6 is 15.9 Å². The van der Waals surface area contributed by atoms with Crippen LogP contribution in [0.3, 0.4) is 0 Å². The van der Waals surface area contributed by atoms with Gasteiger partial charge < -0.3 is 28.5 Å². The number of aromatic amines is 1. The number of pyridine rings is 2. The number of aliphatic imine (C=N–C) groups is 2. The van der Waals surface area contributed by atoms with Crippen molar-refractivity contribution in [2.24, 2.45) is 9.98 Å². The Labute approximate surface area is 362 Å². The molecule has 6 aromatic rings. The normalized spacial score (nSPS) is 15.5. The molecule has 2 aliphatic heterocycles. The number of ether oxygens (including phenoxy) is 4. The number of halogens is 5. The number of hydroxylamine groups is 2. The van der Waals surface area contributed by atoms with Crippen molar-refractivity contribution in [3.63, 3.8) is 0 Å². The minimum atomic E-state index is -2.86. The van der Waals surface area contributed by atoms with E-state index in [9.17, 15) is 17.6 Å². The van der Waals surface area contributed by atoms with Crippen molar-refractivity contribution in [3.05, 3.63) is 136 Å². The second-order valence-corrected chi connectivity index (χ2v) is 13.6. The third kappa shape index (κ3) is 12.7. The van der Waals surface area contributed by atoms with Crippen LogP contribution in [0, 0.1) is 13.8 Å². The predicted octanol–water partition coefficient (Wildman–Crippen LogP) is 8.04. The van der Waals surface area contributed by atoms with E-state index in [0.29, 0.717) is 41.4 Å². The van der Waals surface area contributed by atoms with Gasteiger partial charge in [0.1, 0.15) is 53.9 Å². The number of aromatic nitrogens is 6. The van der Waals surface area contributed by atoms with Gasteiger partial charge >= 0.3 is 13.2 Å². The Bertz CT molecular complexity index is 2390. The molecule has 0 saturated carbocycles. The van der Waals surface area contributed by atoms with Gasteiger partial charge in [-0.2, -0.15) is 17.6 Å². The molecule has 2 aliphatic rings. The summed E-state index contributed by atoms with van der Waals surface area (Å²) in [6.45, 7) is -1.27. The summed E-state index contributed by atoms with van der Waals surface area (Å²) in [6.07, 6.45) is 7.00. The maximum absolute atomic E-state index is 12.3. The van der Waals surface area contributed by atoms with Gasteiger partial charge in [0.2, 0.25) is 11.8 Å². The van der Waals surface area contributed by atoms with Gasteiger partial charge in [0.15, 0.2) is 11.7 Å². The largest absolute Gasteiger partial charge is 0.480 e. The molecule has 4 aromatic heterocycles. The Balaban J connectivity index is 0.000000205. The van der Waals surface area contributed by atoms with E-state index in [1.807, 2.05) is 30.7 Å². The van der Waals surface area contributed by atoms with Crippen molar-refractivity contribution < 1.29 is 46.2 Å². The molecule has 328 valence electrons. The van der Waals surface area contributed by atoms with Crippen LogP contribution in [-0.2, 0) is 9.68 Å². The number of amidine groups is 2. The summed E-state index contributed by atoms with van der Waals surface area (Å²) in [5, 5.41) is 0. The van der Waals surface area contributed by atoms with E-state index in [1.165, 1.54) is 38.5 Å². The first-order valence-electron chi connectivity index (χ1n) is 18.2. The molecular formula is C41H43BrF4N10O6. The molecule has 3 N–H and O–H groups in total. The molecule has 0 aliphatic carbocycles. The van der Waals surface area contributed by atoms with Crippen LogP contribution in [0.2, 0.25) is 0 Å². The summed E-state index contributed by atoms with van der Waals surface area (Å²) in [6, 6.07) is 19.2. The van der Waals surface area contributed by atoms with Crippen molar-refractivity contribution in [1.82, 2.24) is 40.4 Å². The zero-order chi connectivity index (χ0) is 43.3. The standard InChI is InChI=1S/C20H19F2N5O3.C16H14BrF2N3O3.C4H6N2.CH4/c1-12-9-27(11-23-12)17-8-7-15(25-19(17)28-2)18-24-16(10-29-26-18)13-3-5-14(6-4-13)30-20(21)22;1-23-15-11(17)6-7-12(21-15)14-20-13(8-24-22-14)9-2-4-10(5-3-9)25-16(18)19;1-4-2-5-3-6-4;/h3-9,11,16,20H,10H2,1-2H3,(H,24,26);2-7,13,16H,8H2,1H3,(H,20,22);2-3H,1H3,(H,5,6);1H4. The zero-order valence-electron chi connectivity index (χ0n) is 32.9. The van der Waals surface area contributed by atoms with Gasteiger partial charge in [-0.3, -0.25) is 19.7 Å². The molecule has 0 radical (unpaired) electrons. The van der Waals surface area contributed by atoms with Crippen molar-refractivity contribution in [3.8, 4) is 28.9 Å². The molecule has 6 heterocycles. The monoisotopic (exact) mass is 926 g/mol. The van der Waals surface area contributed by atoms with Crippen LogP contribution in [0.25, 0.3) is 5.69 Å². The maximum Gasteiger partial charge on any atom is 0.387 e. The lowest BCUT2D eigenvalue weighted by Crippen LogP contribution is -2.33. The first-order chi connectivity index (χ1) is 29.5. The molecule has 0 saturated heterocycles. The summed E-state index contributed by atoms with van der Waals surface area (Å²) in [5.41, 5.74) is 10.9. The SMILES string of the molecule is C.COc1nc(C2=NC(c3ccc(OC(F)F)cc3)CON2)ccc1-n1cnc(C)c1.COc1nc(C2=NC(c3ccc(OC(F)F)cc3)CON2)ccc1Br.Cc1cnc[nH]1. The van der Waals surface area contributed by atoms with Crippen molar-refractivity contribution >= 4 is 27.6 Å². The van der Waals surface area contributed by atoms with Crippen LogP contribution in [0.4, 0.5) is 17.6 Å². The van der Waals surface area contributed by atoms with Crippen molar-refractivity contribution in [1.29, 1.82) is 0 Å². The molecule has 0 spiro atoms. The summed E-state index contributed by atoms with van der Waals surface area (Å²) in [4.78, 5) is 39.8. The summed E-state index contributed by atoms with van der Waals surface area (Å²) < 4.78 is 70.9. The quantitative estimate of drug-likeness (QED) is 0.107. The Kier molecular flexibility index (Phi) is 16.7. The van der Waals surface area contributed by atoms with E-state index in [-0.39, 0.29) is 37.6 Å². The highest BCUT2D eigenvalue weighted by molar-refractivity contribution is 9.10. The molecule has 0 bridgehead atoms. The van der Waals surface area contributed by atoms with Crippen LogP contribution < -0.4 is 29.9 Å². The van der Waals surface area contributed by atoms with Crippen molar-refractivity contribution in [2.75, 3.05) is 27.4 Å². The lowest BCUT2D eigenvalue weighted by atomic mass is 10.1. The predicted molar refractivity (Wildman–Crippen MR) is 224 cm³/mol. The summed E-state index contributed by atoms with van der Waals surface area (Å²) in [7, 11) is 3.06. The number of nitrogens with zero attached hydrogens (tertiary/aromatic N) is 7. The number of aryl methyl sites for hydroxylation is 2. The second kappa shape index (κ2) is 22.3. The molecule has 2 unspecified atom stereocenters. The van der Waals surface area contributed by atoms with Gasteiger partial charge in [-0.25, -0.2) is 30.9 Å². The third-order valence-corrected chi connectivity index (χ3v) is 9.12. The van der Waals surface area contributed by atoms with Gasteiger partial charge in [0.25, 0.3) is 0 Å². The molecule has 2 aromatic carbocycles. The number of H-pyrrole nitrogens is 1. The highest BCUT2D eigenvalue weighted by Crippen LogP contribution is 2.28. The zero-order valence-corrected chi connectivity index (χ0v) is 34.5. The minimum absolute atomic E-state index is 0. The number of methoxy groups -OCH3 is 2. The van der Waals surface area contributed by atoms with Crippen LogP contribution in [-0.4, -0.2) is 81.8 Å². The molecule has 16 nitrogen and oxygen atoms in total. The van der Waals surface area contributed by atoms with Gasteiger partial charge in [-0.1, -0.05) is 31.7 Å². The molecule has 21 heteroatoms. The van der Waals surface area contributed by atoms with E-state index in [0.717, 1.165) is 32.7 Å². The van der Waals surface area contributed by atoms with Gasteiger partial charge in [0.05, 0.1) is 37.0 Å². The Morgan fingerprint density at radius 1 is 0.726 bits per heavy atom. The van der Waals surface area contributed by atoms with E-state index < -0.39 is 13.2 Å². The summed E-state index contributed by atoms with van der Waals surface area (Å²) >= 11 is 3.34. The number of rotatable bonds is 11. The van der Waals surface area contributed by atoms with Crippen LogP contribution in [0.15, 0.2) is 112 Å². The average molecular weight is 928 g/mol. The molecule has 0 amide bonds. The fourth-order valence-corrected chi connectivity index (χ4v) is 6.01. The fraction of sp³-hybridized carbons (Fsp3) is 0.268. The average Bonchev–Trinajstić information content (AvgIpc) is 3.94. The number of alkyl halides is 4. The van der Waals surface area contributed by atoms with Crippen LogP contribution in [0.5, 0.6) is 23.3 Å². The minimum Gasteiger partial charge on any atom is -0.480 e. The van der Waals surface area contributed by atoms with Crippen molar-refractivity contribution in [2.45, 2.75) is 46.6 Å². The first-order valence-corrected chi connectivity index (χ1v) is 19.0. The molecule has 0 fully saturated rings. The lowest BCUT2D eigenvalue weighted by Gasteiger charge is -2.22. The second-order valence-electron chi connectivity index (χ2n) is 12.8. The number of nitrogens with one attached hydrogen (secondary N) is 3. The van der Waals surface area contributed by atoms with Gasteiger partial charge in [-0.15, -0.1) is 0 Å². The fourth-order valence-electron chi connectivity index (χ4n) is 5.63. The number of benzene rings is 2. The smallest absolute Gasteiger partial charge is 0.387 e. The van der Waals surface area contributed by atoms with Crippen LogP contribution in [0.1, 0.15) is 53.4 Å². The molecule has 62 heavy (non-hydrogen) atoms. The Morgan fingerprint density at radius 2 is 1.24 bits per heavy atom. The van der Waals surface area contributed by atoms with E-state index in [1.54, 1.807) is 61.3 Å². The summed E-state index contributed by atoms with van der Waals surface area (Å²) in [5.74, 6) is 1.91. The van der Waals surface area contributed by atoms with E-state index in [2.05, 4.69) is 71.3 Å². The Hall–Kier alpha value is -6.58.